The number of nitrogens with one attached hydrogen (secondary N) is 1. The molecule has 1 heterocycles. The molecule has 7 heteroatoms. The first-order valence-corrected chi connectivity index (χ1v) is 8.38. The fourth-order valence-corrected chi connectivity index (χ4v) is 4.30. The van der Waals surface area contributed by atoms with Crippen LogP contribution in [0, 0.1) is 5.82 Å². The summed E-state index contributed by atoms with van der Waals surface area (Å²) in [6.07, 6.45) is 2.79. The largest absolute Gasteiger partial charge is 0.301 e. The van der Waals surface area contributed by atoms with Gasteiger partial charge in [0.25, 0.3) is 0 Å². The highest BCUT2D eigenvalue weighted by Crippen LogP contribution is 2.27. The highest BCUT2D eigenvalue weighted by atomic mass is 79.9. The van der Waals surface area contributed by atoms with Crippen LogP contribution in [0.25, 0.3) is 0 Å². The number of piperidine rings is 1. The minimum Gasteiger partial charge on any atom is -0.270 e. The van der Waals surface area contributed by atoms with Gasteiger partial charge in [0.2, 0.25) is 0 Å². The first kappa shape index (κ1) is 14.7. The molecular formula is C12H16BrFN2O2S. The van der Waals surface area contributed by atoms with Crippen molar-refractivity contribution in [1.29, 1.82) is 0 Å². The highest BCUT2D eigenvalue weighted by Gasteiger charge is 2.29. The minimum absolute atomic E-state index is 0.00882. The molecule has 1 aromatic carbocycles. The van der Waals surface area contributed by atoms with Gasteiger partial charge in [-0.05, 0) is 53.9 Å². The van der Waals surface area contributed by atoms with E-state index in [1.165, 1.54) is 22.5 Å². The fourth-order valence-electron chi connectivity index (χ4n) is 2.20. The van der Waals surface area contributed by atoms with Gasteiger partial charge in [0.15, 0.2) is 0 Å². The van der Waals surface area contributed by atoms with E-state index in [0.717, 1.165) is 19.3 Å². The molecule has 2 rings (SSSR count). The van der Waals surface area contributed by atoms with E-state index < -0.39 is 16.0 Å². The summed E-state index contributed by atoms with van der Waals surface area (Å²) in [5.74, 6) is -0.416. The number of benzene rings is 1. The molecule has 1 saturated heterocycles. The van der Waals surface area contributed by atoms with Crippen LogP contribution in [0.3, 0.4) is 0 Å². The molecule has 19 heavy (non-hydrogen) atoms. The van der Waals surface area contributed by atoms with Crippen molar-refractivity contribution in [2.45, 2.75) is 32.2 Å². The summed E-state index contributed by atoms with van der Waals surface area (Å²) in [5, 5.41) is 0. The van der Waals surface area contributed by atoms with Crippen molar-refractivity contribution in [3.63, 3.8) is 0 Å². The summed E-state index contributed by atoms with van der Waals surface area (Å²) < 4.78 is 41.9. The molecule has 0 bridgehead atoms. The van der Waals surface area contributed by atoms with Crippen molar-refractivity contribution in [1.82, 2.24) is 4.31 Å². The average molecular weight is 351 g/mol. The molecular weight excluding hydrogens is 335 g/mol. The predicted molar refractivity (Wildman–Crippen MR) is 76.7 cm³/mol. The van der Waals surface area contributed by atoms with E-state index in [-0.39, 0.29) is 6.04 Å². The van der Waals surface area contributed by atoms with E-state index in [4.69, 9.17) is 0 Å². The monoisotopic (exact) mass is 350 g/mol. The van der Waals surface area contributed by atoms with Crippen LogP contribution in [0.5, 0.6) is 0 Å². The lowest BCUT2D eigenvalue weighted by atomic mass is 10.1. The molecule has 0 spiro atoms. The topological polar surface area (TPSA) is 49.4 Å². The number of halogens is 2. The zero-order valence-corrected chi connectivity index (χ0v) is 13.0. The maximum atomic E-state index is 13.0. The van der Waals surface area contributed by atoms with Crippen LogP contribution >= 0.6 is 15.9 Å². The molecule has 0 aliphatic carbocycles. The van der Waals surface area contributed by atoms with Gasteiger partial charge in [-0.2, -0.15) is 12.7 Å². The van der Waals surface area contributed by atoms with E-state index in [1.54, 1.807) is 0 Å². The van der Waals surface area contributed by atoms with Gasteiger partial charge in [-0.25, -0.2) is 4.39 Å². The third-order valence-electron chi connectivity index (χ3n) is 3.22. The van der Waals surface area contributed by atoms with Crippen LogP contribution in [0.15, 0.2) is 22.7 Å². The SMILES string of the molecule is CC1CCCCN1S(=O)(=O)Nc1ccc(F)cc1Br. The smallest absolute Gasteiger partial charge is 0.270 e. The zero-order valence-electron chi connectivity index (χ0n) is 10.6. The van der Waals surface area contributed by atoms with Crippen molar-refractivity contribution in [2.75, 3.05) is 11.3 Å². The van der Waals surface area contributed by atoms with E-state index in [0.29, 0.717) is 16.7 Å². The average Bonchev–Trinajstić information content (AvgIpc) is 2.33. The Morgan fingerprint density at radius 2 is 2.16 bits per heavy atom. The summed E-state index contributed by atoms with van der Waals surface area (Å²) >= 11 is 3.15. The minimum atomic E-state index is -3.59. The Hall–Kier alpha value is -0.660. The molecule has 0 saturated carbocycles. The predicted octanol–water partition coefficient (Wildman–Crippen LogP) is 3.12. The normalized spacial score (nSPS) is 21.3. The summed E-state index contributed by atoms with van der Waals surface area (Å²) in [7, 11) is -3.59. The highest BCUT2D eigenvalue weighted by molar-refractivity contribution is 9.10. The van der Waals surface area contributed by atoms with E-state index in [9.17, 15) is 12.8 Å². The summed E-state index contributed by atoms with van der Waals surface area (Å²) in [6, 6.07) is 3.86. The first-order chi connectivity index (χ1) is 8.90. The van der Waals surface area contributed by atoms with Gasteiger partial charge in [-0.15, -0.1) is 0 Å². The Labute approximate surface area is 121 Å². The molecule has 0 radical (unpaired) electrons. The maximum absolute atomic E-state index is 13.0. The first-order valence-electron chi connectivity index (χ1n) is 6.15. The van der Waals surface area contributed by atoms with Gasteiger partial charge < -0.3 is 0 Å². The van der Waals surface area contributed by atoms with Gasteiger partial charge in [0, 0.05) is 17.1 Å². The lowest BCUT2D eigenvalue weighted by Gasteiger charge is -2.32. The number of anilines is 1. The number of rotatable bonds is 3. The maximum Gasteiger partial charge on any atom is 0.301 e. The van der Waals surface area contributed by atoms with Crippen molar-refractivity contribution in [3.05, 3.63) is 28.5 Å². The van der Waals surface area contributed by atoms with Crippen LogP contribution < -0.4 is 4.72 Å². The molecule has 1 aliphatic rings. The quantitative estimate of drug-likeness (QED) is 0.910. The Bertz CT molecular complexity index is 565. The van der Waals surface area contributed by atoms with Gasteiger partial charge in [0.05, 0.1) is 5.69 Å². The second-order valence-electron chi connectivity index (χ2n) is 4.69. The molecule has 1 unspecified atom stereocenters. The molecule has 1 aliphatic heterocycles. The van der Waals surface area contributed by atoms with Crippen LogP contribution in [-0.2, 0) is 10.2 Å². The molecule has 0 amide bonds. The van der Waals surface area contributed by atoms with E-state index in [1.807, 2.05) is 6.92 Å². The molecule has 1 N–H and O–H groups in total. The molecule has 4 nitrogen and oxygen atoms in total. The Balaban J connectivity index is 2.20. The van der Waals surface area contributed by atoms with E-state index >= 15 is 0 Å². The van der Waals surface area contributed by atoms with Crippen LogP contribution in [-0.4, -0.2) is 25.3 Å². The number of nitrogens with zero attached hydrogens (tertiary/aromatic N) is 1. The summed E-state index contributed by atoms with van der Waals surface area (Å²) in [6.45, 7) is 2.42. The zero-order chi connectivity index (χ0) is 14.0. The standard InChI is InChI=1S/C12H16BrFN2O2S/c1-9-4-2-3-7-16(9)19(17,18)15-12-6-5-10(14)8-11(12)13/h5-6,8-9,15H,2-4,7H2,1H3. The van der Waals surface area contributed by atoms with Gasteiger partial charge >= 0.3 is 10.2 Å². The third-order valence-corrected chi connectivity index (χ3v) is 5.51. The number of hydrogen-bond acceptors (Lipinski definition) is 2. The number of hydrogen-bond donors (Lipinski definition) is 1. The molecule has 1 aromatic rings. The second-order valence-corrected chi connectivity index (χ2v) is 7.16. The van der Waals surface area contributed by atoms with Crippen molar-refractivity contribution < 1.29 is 12.8 Å². The molecule has 1 fully saturated rings. The van der Waals surface area contributed by atoms with Gasteiger partial charge in [-0.3, -0.25) is 4.72 Å². The van der Waals surface area contributed by atoms with Crippen LogP contribution in [0.1, 0.15) is 26.2 Å². The van der Waals surface area contributed by atoms with Crippen LogP contribution in [0.2, 0.25) is 0 Å². The van der Waals surface area contributed by atoms with E-state index in [2.05, 4.69) is 20.7 Å². The Morgan fingerprint density at radius 3 is 2.79 bits per heavy atom. The lowest BCUT2D eigenvalue weighted by molar-refractivity contribution is 0.270. The molecule has 106 valence electrons. The third kappa shape index (κ3) is 3.46. The summed E-state index contributed by atoms with van der Waals surface area (Å²) in [4.78, 5) is 0. The molecule has 1 atom stereocenters. The van der Waals surface area contributed by atoms with Crippen molar-refractivity contribution in [3.8, 4) is 0 Å². The van der Waals surface area contributed by atoms with Crippen LogP contribution in [0.4, 0.5) is 10.1 Å². The fraction of sp³-hybridized carbons (Fsp3) is 0.500. The molecule has 0 aromatic heterocycles. The second kappa shape index (κ2) is 5.76. The lowest BCUT2D eigenvalue weighted by Crippen LogP contribution is -2.44. The Kier molecular flexibility index (Phi) is 4.47. The summed E-state index contributed by atoms with van der Waals surface area (Å²) in [5.41, 5.74) is 0.346. The van der Waals surface area contributed by atoms with Gasteiger partial charge in [-0.1, -0.05) is 6.42 Å². The van der Waals surface area contributed by atoms with Crippen molar-refractivity contribution in [2.24, 2.45) is 0 Å². The van der Waals surface area contributed by atoms with Crippen molar-refractivity contribution >= 4 is 31.8 Å². The van der Waals surface area contributed by atoms with Gasteiger partial charge in [0.1, 0.15) is 5.82 Å². The Morgan fingerprint density at radius 1 is 1.42 bits per heavy atom.